The van der Waals surface area contributed by atoms with E-state index in [-0.39, 0.29) is 12.5 Å². The molecular formula is C28H29F3N2O2. The van der Waals surface area contributed by atoms with E-state index >= 15 is 0 Å². The number of hydrogen-bond acceptors (Lipinski definition) is 4. The van der Waals surface area contributed by atoms with Crippen molar-refractivity contribution in [1.29, 1.82) is 0 Å². The van der Waals surface area contributed by atoms with Gasteiger partial charge in [-0.3, -0.25) is 9.88 Å². The zero-order chi connectivity index (χ0) is 24.8. The van der Waals surface area contributed by atoms with Crippen molar-refractivity contribution in [2.45, 2.75) is 25.7 Å². The lowest BCUT2D eigenvalue weighted by Gasteiger charge is -2.37. The lowest BCUT2D eigenvalue weighted by atomic mass is 9.82. The number of pyridine rings is 1. The number of fused-ring (bicyclic) bond motifs is 1. The van der Waals surface area contributed by atoms with E-state index in [9.17, 15) is 18.3 Å². The monoisotopic (exact) mass is 482 g/mol. The van der Waals surface area contributed by atoms with Crippen LogP contribution in [0.2, 0.25) is 0 Å². The molecule has 0 unspecified atom stereocenters. The fraction of sp³-hybridized carbons (Fsp3) is 0.393. The summed E-state index contributed by atoms with van der Waals surface area (Å²) in [6, 6.07) is 9.58. The number of ether oxygens (including phenoxy) is 1. The first kappa shape index (κ1) is 25.0. The number of halogens is 3. The molecule has 2 aromatic carbocycles. The fourth-order valence-corrected chi connectivity index (χ4v) is 4.85. The molecule has 3 aromatic rings. The molecule has 0 amide bonds. The van der Waals surface area contributed by atoms with E-state index in [1.165, 1.54) is 5.56 Å². The second kappa shape index (κ2) is 11.6. The minimum absolute atomic E-state index is 0.0805. The van der Waals surface area contributed by atoms with Crippen LogP contribution in [0.3, 0.4) is 0 Å². The number of aryl methyl sites for hydroxylation is 1. The lowest BCUT2D eigenvalue weighted by molar-refractivity contribution is 0.0748. The summed E-state index contributed by atoms with van der Waals surface area (Å²) in [5.74, 6) is 3.26. The van der Waals surface area contributed by atoms with Crippen molar-refractivity contribution in [2.75, 3.05) is 33.4 Å². The van der Waals surface area contributed by atoms with Gasteiger partial charge in [-0.25, -0.2) is 13.2 Å². The minimum atomic E-state index is -1.26. The van der Waals surface area contributed by atoms with Crippen molar-refractivity contribution in [3.8, 4) is 17.6 Å². The van der Waals surface area contributed by atoms with E-state index in [4.69, 9.17) is 4.74 Å². The van der Waals surface area contributed by atoms with Gasteiger partial charge in [0.25, 0.3) is 0 Å². The molecular weight excluding hydrogens is 453 g/mol. The summed E-state index contributed by atoms with van der Waals surface area (Å²) in [5, 5.41) is 11.1. The standard InChI is InChI=1S/C28H29F3N2O2/c1-35-22-7-10-27-24(16-22)20(11-13-32-27)5-2-4-19-12-15-33(17-21(19)18-34)14-3-6-23-25(29)8-9-26(30)28(23)31/h7-11,13,16,19,21,34H,2,4-5,12,14-15,17-18H2,1H3/t19-,21-/m1/s1. The number of nitrogens with zero attached hydrogens (tertiary/aromatic N) is 2. The second-order valence-corrected chi connectivity index (χ2v) is 8.99. The average Bonchev–Trinajstić information content (AvgIpc) is 2.88. The van der Waals surface area contributed by atoms with Gasteiger partial charge in [-0.1, -0.05) is 11.8 Å². The average molecular weight is 483 g/mol. The van der Waals surface area contributed by atoms with Gasteiger partial charge in [0.1, 0.15) is 11.6 Å². The Hall–Kier alpha value is -3.08. The van der Waals surface area contributed by atoms with Crippen molar-refractivity contribution in [2.24, 2.45) is 11.8 Å². The number of methoxy groups -OCH3 is 1. The molecule has 0 radical (unpaired) electrons. The predicted molar refractivity (Wildman–Crippen MR) is 130 cm³/mol. The van der Waals surface area contributed by atoms with Crippen LogP contribution in [0.25, 0.3) is 10.9 Å². The summed E-state index contributed by atoms with van der Waals surface area (Å²) in [5.41, 5.74) is 1.64. The summed E-state index contributed by atoms with van der Waals surface area (Å²) in [4.78, 5) is 6.51. The molecule has 35 heavy (non-hydrogen) atoms. The van der Waals surface area contributed by atoms with Crippen LogP contribution < -0.4 is 4.74 Å². The molecule has 4 rings (SSSR count). The highest BCUT2D eigenvalue weighted by molar-refractivity contribution is 5.83. The van der Waals surface area contributed by atoms with Gasteiger partial charge in [0.2, 0.25) is 0 Å². The first-order valence-corrected chi connectivity index (χ1v) is 11.9. The molecule has 7 heteroatoms. The maximum atomic E-state index is 13.8. The Morgan fingerprint density at radius 1 is 1.11 bits per heavy atom. The topological polar surface area (TPSA) is 45.6 Å². The van der Waals surface area contributed by atoms with Gasteiger partial charge in [-0.2, -0.15) is 0 Å². The van der Waals surface area contributed by atoms with Crippen LogP contribution in [0.15, 0.2) is 42.6 Å². The van der Waals surface area contributed by atoms with Crippen molar-refractivity contribution >= 4 is 10.9 Å². The van der Waals surface area contributed by atoms with Gasteiger partial charge < -0.3 is 9.84 Å². The molecule has 1 N–H and O–H groups in total. The first-order valence-electron chi connectivity index (χ1n) is 11.9. The van der Waals surface area contributed by atoms with Gasteiger partial charge in [0, 0.05) is 24.7 Å². The molecule has 2 heterocycles. The Morgan fingerprint density at radius 3 is 2.74 bits per heavy atom. The molecule has 0 saturated carbocycles. The van der Waals surface area contributed by atoms with E-state index in [0.717, 1.165) is 61.0 Å². The van der Waals surface area contributed by atoms with E-state index in [1.54, 1.807) is 7.11 Å². The van der Waals surface area contributed by atoms with Crippen LogP contribution in [-0.4, -0.2) is 48.3 Å². The van der Waals surface area contributed by atoms with Crippen LogP contribution in [0.5, 0.6) is 5.75 Å². The van der Waals surface area contributed by atoms with Crippen molar-refractivity contribution < 1.29 is 23.0 Å². The van der Waals surface area contributed by atoms with Crippen molar-refractivity contribution in [1.82, 2.24) is 9.88 Å². The number of hydrogen-bond donors (Lipinski definition) is 1. The van der Waals surface area contributed by atoms with Crippen LogP contribution >= 0.6 is 0 Å². The van der Waals surface area contributed by atoms with Crippen LogP contribution in [0, 0.1) is 41.1 Å². The Labute approximate surface area is 203 Å². The largest absolute Gasteiger partial charge is 0.497 e. The molecule has 2 atom stereocenters. The van der Waals surface area contributed by atoms with Gasteiger partial charge in [0.15, 0.2) is 11.6 Å². The molecule has 0 aliphatic carbocycles. The third-order valence-corrected chi connectivity index (χ3v) is 6.83. The number of aliphatic hydroxyl groups is 1. The maximum Gasteiger partial charge on any atom is 0.177 e. The molecule has 1 saturated heterocycles. The Morgan fingerprint density at radius 2 is 1.94 bits per heavy atom. The van der Waals surface area contributed by atoms with Gasteiger partial charge in [0.05, 0.1) is 24.7 Å². The maximum absolute atomic E-state index is 13.8. The molecule has 1 aromatic heterocycles. The highest BCUT2D eigenvalue weighted by Gasteiger charge is 2.28. The molecule has 1 fully saturated rings. The number of aliphatic hydroxyl groups excluding tert-OH is 1. The quantitative estimate of drug-likeness (QED) is 0.382. The first-order chi connectivity index (χ1) is 17.0. The molecule has 0 bridgehead atoms. The molecule has 1 aliphatic rings. The van der Waals surface area contributed by atoms with Gasteiger partial charge >= 0.3 is 0 Å². The number of likely N-dealkylation sites (tertiary alicyclic amines) is 1. The van der Waals surface area contributed by atoms with Crippen molar-refractivity contribution in [3.05, 3.63) is 71.2 Å². The highest BCUT2D eigenvalue weighted by atomic mass is 19.2. The smallest absolute Gasteiger partial charge is 0.177 e. The van der Waals surface area contributed by atoms with E-state index in [1.807, 2.05) is 24.4 Å². The number of aromatic nitrogens is 1. The summed E-state index contributed by atoms with van der Waals surface area (Å²) in [6.07, 6.45) is 5.66. The molecule has 4 nitrogen and oxygen atoms in total. The number of piperidine rings is 1. The molecule has 1 aliphatic heterocycles. The van der Waals surface area contributed by atoms with Crippen LogP contribution in [0.1, 0.15) is 30.4 Å². The predicted octanol–water partition coefficient (Wildman–Crippen LogP) is 4.97. The van der Waals surface area contributed by atoms with Crippen LogP contribution in [0.4, 0.5) is 13.2 Å². The SMILES string of the molecule is COc1ccc2nccc(CCC[C@@H]3CCN(CC#Cc4c(F)ccc(F)c4F)C[C@@H]3CO)c2c1. The lowest BCUT2D eigenvalue weighted by Crippen LogP contribution is -2.42. The second-order valence-electron chi connectivity index (χ2n) is 8.99. The third kappa shape index (κ3) is 5.95. The van der Waals surface area contributed by atoms with E-state index < -0.39 is 23.0 Å². The van der Waals surface area contributed by atoms with E-state index in [0.29, 0.717) is 19.0 Å². The number of rotatable bonds is 7. The Balaban J connectivity index is 1.32. The third-order valence-electron chi connectivity index (χ3n) is 6.83. The fourth-order valence-electron chi connectivity index (χ4n) is 4.85. The summed E-state index contributed by atoms with van der Waals surface area (Å²) < 4.78 is 46.3. The van der Waals surface area contributed by atoms with Crippen molar-refractivity contribution in [3.63, 3.8) is 0 Å². The number of benzene rings is 2. The van der Waals surface area contributed by atoms with E-state index in [2.05, 4.69) is 27.8 Å². The Kier molecular flexibility index (Phi) is 8.27. The van der Waals surface area contributed by atoms with Crippen LogP contribution in [-0.2, 0) is 6.42 Å². The normalized spacial score (nSPS) is 18.3. The molecule has 0 spiro atoms. The van der Waals surface area contributed by atoms with Gasteiger partial charge in [-0.15, -0.1) is 0 Å². The van der Waals surface area contributed by atoms with Gasteiger partial charge in [-0.05, 0) is 86.0 Å². The Bertz CT molecular complexity index is 1240. The highest BCUT2D eigenvalue weighted by Crippen LogP contribution is 2.29. The zero-order valence-electron chi connectivity index (χ0n) is 19.7. The minimum Gasteiger partial charge on any atom is -0.497 e. The summed E-state index contributed by atoms with van der Waals surface area (Å²) in [7, 11) is 1.65. The summed E-state index contributed by atoms with van der Waals surface area (Å²) >= 11 is 0. The summed E-state index contributed by atoms with van der Waals surface area (Å²) in [6.45, 7) is 1.85. The zero-order valence-corrected chi connectivity index (χ0v) is 19.7. The molecule has 184 valence electrons.